The minimum absolute atomic E-state index is 0.00638. The van der Waals surface area contributed by atoms with Gasteiger partial charge in [-0.2, -0.15) is 5.10 Å². The molecule has 1 aromatic rings. The number of carbonyl (C=O) groups is 1. The van der Waals surface area contributed by atoms with E-state index in [1.54, 1.807) is 12.1 Å². The van der Waals surface area contributed by atoms with Gasteiger partial charge in [-0.1, -0.05) is 32.9 Å². The Kier molecular flexibility index (Phi) is 3.50. The summed E-state index contributed by atoms with van der Waals surface area (Å²) in [4.78, 5) is 22.7. The average Bonchev–Trinajstić information content (AvgIpc) is 2.85. The van der Waals surface area contributed by atoms with E-state index >= 15 is 0 Å². The third-order valence-corrected chi connectivity index (χ3v) is 6.15. The van der Waals surface area contributed by atoms with Gasteiger partial charge in [0, 0.05) is 17.2 Å². The maximum absolute atomic E-state index is 12.3. The highest BCUT2D eigenvalue weighted by molar-refractivity contribution is 6.00. The molecule has 2 aliphatic rings. The number of hydrogen-bond donors (Lipinski definition) is 1. The maximum Gasteiger partial charge on any atom is 0.282 e. The Morgan fingerprint density at radius 2 is 2.04 bits per heavy atom. The maximum atomic E-state index is 12.3. The van der Waals surface area contributed by atoms with Gasteiger partial charge in [0.15, 0.2) is 0 Å². The number of hydrazone groups is 1. The summed E-state index contributed by atoms with van der Waals surface area (Å²) < 4.78 is 0. The Morgan fingerprint density at radius 3 is 2.61 bits per heavy atom. The van der Waals surface area contributed by atoms with Crippen LogP contribution in [0.15, 0.2) is 29.4 Å². The number of carbonyl (C=O) groups excluding carboxylic acids is 1. The van der Waals surface area contributed by atoms with Crippen LogP contribution in [0.5, 0.6) is 0 Å². The van der Waals surface area contributed by atoms with Gasteiger partial charge < -0.3 is 0 Å². The van der Waals surface area contributed by atoms with Crippen LogP contribution in [0.2, 0.25) is 0 Å². The highest BCUT2D eigenvalue weighted by Gasteiger charge is 2.60. The van der Waals surface area contributed by atoms with E-state index in [2.05, 4.69) is 31.3 Å². The molecule has 0 aromatic heterocycles. The number of rotatable bonds is 3. The first-order valence-corrected chi connectivity index (χ1v) is 7.88. The van der Waals surface area contributed by atoms with E-state index < -0.39 is 10.8 Å². The number of nitrogens with zero attached hydrogens (tertiary/aromatic N) is 2. The van der Waals surface area contributed by atoms with Crippen molar-refractivity contribution in [1.29, 1.82) is 0 Å². The molecule has 1 amide bonds. The van der Waals surface area contributed by atoms with Crippen molar-refractivity contribution >= 4 is 17.3 Å². The lowest BCUT2D eigenvalue weighted by Crippen LogP contribution is -2.34. The monoisotopic (exact) mass is 315 g/mol. The Balaban J connectivity index is 1.82. The zero-order valence-corrected chi connectivity index (χ0v) is 13.6. The predicted octanol–water partition coefficient (Wildman–Crippen LogP) is 3.53. The summed E-state index contributed by atoms with van der Waals surface area (Å²) in [7, 11) is 0. The van der Waals surface area contributed by atoms with E-state index in [-0.39, 0.29) is 22.1 Å². The zero-order valence-electron chi connectivity index (χ0n) is 13.6. The number of hydrogen-bond acceptors (Lipinski definition) is 4. The molecule has 0 spiro atoms. The summed E-state index contributed by atoms with van der Waals surface area (Å²) >= 11 is 0. The molecule has 0 aliphatic heterocycles. The summed E-state index contributed by atoms with van der Waals surface area (Å²) in [6.45, 7) is 6.73. The van der Waals surface area contributed by atoms with Crippen molar-refractivity contribution < 1.29 is 9.72 Å². The summed E-state index contributed by atoms with van der Waals surface area (Å²) in [5.41, 5.74) is 3.54. The number of nitro groups is 1. The lowest BCUT2D eigenvalue weighted by molar-refractivity contribution is -0.385. The van der Waals surface area contributed by atoms with Crippen molar-refractivity contribution in [2.24, 2.45) is 21.8 Å². The van der Waals surface area contributed by atoms with Crippen LogP contribution in [0.1, 0.15) is 50.4 Å². The Hall–Kier alpha value is -2.24. The van der Waals surface area contributed by atoms with Gasteiger partial charge >= 0.3 is 0 Å². The molecule has 0 saturated heterocycles. The molecule has 1 aromatic carbocycles. The number of nitrogens with one attached hydrogen (secondary N) is 1. The van der Waals surface area contributed by atoms with Crippen molar-refractivity contribution in [3.63, 3.8) is 0 Å². The Bertz CT molecular complexity index is 711. The van der Waals surface area contributed by atoms with Crippen molar-refractivity contribution in [3.05, 3.63) is 39.9 Å². The van der Waals surface area contributed by atoms with Crippen LogP contribution in [-0.2, 0) is 0 Å². The van der Waals surface area contributed by atoms with Gasteiger partial charge in [-0.25, -0.2) is 5.43 Å². The standard InChI is InChI=1S/C17H21N3O3/c1-16(2)11-8-9-17(16,3)14(10-11)18-19-15(21)12-6-4-5-7-13(12)20(22)23/h4-7,11H,8-10H2,1-3H3,(H,19,21)/b18-14-/t11-,17-/m0/s1. The van der Waals surface area contributed by atoms with Gasteiger partial charge in [0.2, 0.25) is 0 Å². The predicted molar refractivity (Wildman–Crippen MR) is 87.2 cm³/mol. The van der Waals surface area contributed by atoms with Crippen LogP contribution in [0, 0.1) is 26.9 Å². The molecule has 1 N–H and O–H groups in total. The molecule has 2 bridgehead atoms. The van der Waals surface area contributed by atoms with Gasteiger partial charge in [0.25, 0.3) is 11.6 Å². The van der Waals surface area contributed by atoms with Gasteiger partial charge in [0.1, 0.15) is 5.56 Å². The fourth-order valence-corrected chi connectivity index (χ4v) is 4.10. The third kappa shape index (κ3) is 2.24. The molecular formula is C17H21N3O3. The van der Waals surface area contributed by atoms with Gasteiger partial charge in [0.05, 0.1) is 4.92 Å². The van der Waals surface area contributed by atoms with E-state index in [1.165, 1.54) is 18.6 Å². The molecule has 3 rings (SSSR count). The second-order valence-electron chi connectivity index (χ2n) is 7.27. The van der Waals surface area contributed by atoms with Crippen LogP contribution in [-0.4, -0.2) is 16.5 Å². The highest BCUT2D eigenvalue weighted by Crippen LogP contribution is 2.63. The largest absolute Gasteiger partial charge is 0.282 e. The van der Waals surface area contributed by atoms with E-state index in [1.807, 2.05) is 0 Å². The average molecular weight is 315 g/mol. The molecular weight excluding hydrogens is 294 g/mol. The minimum atomic E-state index is -0.552. The van der Waals surface area contributed by atoms with Crippen molar-refractivity contribution in [3.8, 4) is 0 Å². The first kappa shape index (κ1) is 15.6. The van der Waals surface area contributed by atoms with Crippen LogP contribution < -0.4 is 5.43 Å². The van der Waals surface area contributed by atoms with Gasteiger partial charge in [-0.05, 0) is 36.7 Å². The summed E-state index contributed by atoms with van der Waals surface area (Å²) in [6.07, 6.45) is 3.16. The van der Waals surface area contributed by atoms with Crippen LogP contribution >= 0.6 is 0 Å². The molecule has 6 nitrogen and oxygen atoms in total. The normalized spacial score (nSPS) is 29.7. The third-order valence-electron chi connectivity index (χ3n) is 6.15. The second-order valence-corrected chi connectivity index (χ2v) is 7.27. The van der Waals surface area contributed by atoms with Crippen molar-refractivity contribution in [2.45, 2.75) is 40.0 Å². The van der Waals surface area contributed by atoms with Gasteiger partial charge in [-0.3, -0.25) is 14.9 Å². The second kappa shape index (κ2) is 5.15. The highest BCUT2D eigenvalue weighted by atomic mass is 16.6. The molecule has 2 fully saturated rings. The van der Waals surface area contributed by atoms with Crippen molar-refractivity contribution in [2.75, 3.05) is 0 Å². The lowest BCUT2D eigenvalue weighted by atomic mass is 9.70. The number of para-hydroxylation sites is 1. The van der Waals surface area contributed by atoms with E-state index in [4.69, 9.17) is 0 Å². The molecule has 2 aliphatic carbocycles. The van der Waals surface area contributed by atoms with E-state index in [0.29, 0.717) is 5.92 Å². The number of benzene rings is 1. The number of nitro benzene ring substituents is 1. The Labute approximate surface area is 135 Å². The van der Waals surface area contributed by atoms with Crippen LogP contribution in [0.25, 0.3) is 0 Å². The topological polar surface area (TPSA) is 84.6 Å². The SMILES string of the molecule is CC1(C)[C@H]2CC[C@@]1(C)/C(=N\NC(=O)c1ccccc1[N+](=O)[O-])C2. The molecule has 0 unspecified atom stereocenters. The van der Waals surface area contributed by atoms with E-state index in [9.17, 15) is 14.9 Å². The molecule has 0 radical (unpaired) electrons. The molecule has 6 heteroatoms. The Morgan fingerprint density at radius 1 is 1.35 bits per heavy atom. The number of fused-ring (bicyclic) bond motifs is 2. The fraction of sp³-hybridized carbons (Fsp3) is 0.529. The van der Waals surface area contributed by atoms with E-state index in [0.717, 1.165) is 18.6 Å². The summed E-state index contributed by atoms with van der Waals surface area (Å²) in [6, 6.07) is 5.92. The zero-order chi connectivity index (χ0) is 16.8. The first-order chi connectivity index (χ1) is 10.8. The van der Waals surface area contributed by atoms with Gasteiger partial charge in [-0.15, -0.1) is 0 Å². The van der Waals surface area contributed by atoms with Crippen molar-refractivity contribution in [1.82, 2.24) is 5.43 Å². The van der Waals surface area contributed by atoms with Crippen LogP contribution in [0.4, 0.5) is 5.69 Å². The number of amides is 1. The smallest absolute Gasteiger partial charge is 0.267 e. The quantitative estimate of drug-likeness (QED) is 0.684. The molecule has 0 heterocycles. The molecule has 2 atom stereocenters. The lowest BCUT2D eigenvalue weighted by Gasteiger charge is -2.34. The fourth-order valence-electron chi connectivity index (χ4n) is 4.10. The minimum Gasteiger partial charge on any atom is -0.267 e. The molecule has 23 heavy (non-hydrogen) atoms. The summed E-state index contributed by atoms with van der Waals surface area (Å²) in [5, 5.41) is 15.4. The van der Waals surface area contributed by atoms with Crippen LogP contribution in [0.3, 0.4) is 0 Å². The first-order valence-electron chi connectivity index (χ1n) is 7.88. The molecule has 122 valence electrons. The molecule has 2 saturated carbocycles. The summed E-state index contributed by atoms with van der Waals surface area (Å²) in [5.74, 6) is 0.0585.